The van der Waals surface area contributed by atoms with Gasteiger partial charge in [-0.1, -0.05) is 0 Å². The van der Waals surface area contributed by atoms with Crippen LogP contribution in [0.15, 0.2) is 16.2 Å². The quantitative estimate of drug-likeness (QED) is 0.893. The van der Waals surface area contributed by atoms with Gasteiger partial charge in [0.1, 0.15) is 10.5 Å². The summed E-state index contributed by atoms with van der Waals surface area (Å²) in [5.41, 5.74) is 0.470. The van der Waals surface area contributed by atoms with Crippen molar-refractivity contribution >= 4 is 33.4 Å². The number of aromatic nitrogens is 2. The first kappa shape index (κ1) is 15.3. The Balaban J connectivity index is 1.46. The van der Waals surface area contributed by atoms with Gasteiger partial charge in [-0.25, -0.2) is 4.98 Å². The molecule has 1 saturated heterocycles. The first-order valence-electron chi connectivity index (χ1n) is 8.04. The molecule has 7 nitrogen and oxygen atoms in total. The maximum Gasteiger partial charge on any atom is 0.268 e. The molecule has 0 radical (unpaired) electrons. The van der Waals surface area contributed by atoms with Gasteiger partial charge in [0.25, 0.3) is 5.56 Å². The highest BCUT2D eigenvalue weighted by Gasteiger charge is 2.42. The molecular weight excluding hydrogens is 328 g/mol. The second-order valence-electron chi connectivity index (χ2n) is 6.52. The molecule has 1 aliphatic heterocycles. The molecule has 0 bridgehead atoms. The zero-order valence-corrected chi connectivity index (χ0v) is 14.1. The number of aromatic amines is 1. The van der Waals surface area contributed by atoms with Gasteiger partial charge in [0.2, 0.25) is 11.8 Å². The molecule has 1 atom stereocenters. The van der Waals surface area contributed by atoms with Crippen LogP contribution in [0, 0.1) is 5.92 Å². The third-order valence-electron chi connectivity index (χ3n) is 4.62. The molecule has 0 unspecified atom stereocenters. The average Bonchev–Trinajstić information content (AvgIpc) is 3.14. The van der Waals surface area contributed by atoms with Crippen LogP contribution >= 0.6 is 11.3 Å². The molecule has 0 spiro atoms. The van der Waals surface area contributed by atoms with Crippen molar-refractivity contribution < 1.29 is 9.59 Å². The van der Waals surface area contributed by atoms with E-state index in [0.29, 0.717) is 28.6 Å². The van der Waals surface area contributed by atoms with Crippen molar-refractivity contribution in [2.45, 2.75) is 31.8 Å². The van der Waals surface area contributed by atoms with E-state index in [2.05, 4.69) is 9.97 Å². The van der Waals surface area contributed by atoms with E-state index in [1.807, 2.05) is 10.3 Å². The minimum atomic E-state index is -0.292. The van der Waals surface area contributed by atoms with Crippen LogP contribution in [0.5, 0.6) is 0 Å². The summed E-state index contributed by atoms with van der Waals surface area (Å²) >= 11 is 1.35. The number of nitrogens with one attached hydrogen (secondary N) is 1. The van der Waals surface area contributed by atoms with Gasteiger partial charge in [-0.3, -0.25) is 14.4 Å². The van der Waals surface area contributed by atoms with E-state index in [-0.39, 0.29) is 36.3 Å². The highest BCUT2D eigenvalue weighted by atomic mass is 32.1. The van der Waals surface area contributed by atoms with Gasteiger partial charge in [-0.2, -0.15) is 0 Å². The number of nitrogens with zero attached hydrogens (tertiary/aromatic N) is 3. The number of hydrogen-bond acceptors (Lipinski definition) is 5. The smallest absolute Gasteiger partial charge is 0.268 e. The summed E-state index contributed by atoms with van der Waals surface area (Å²) in [6.45, 7) is 0.744. The van der Waals surface area contributed by atoms with Crippen molar-refractivity contribution in [2.24, 2.45) is 5.92 Å². The molecule has 2 aromatic rings. The summed E-state index contributed by atoms with van der Waals surface area (Å²) < 4.78 is 0.592. The lowest BCUT2D eigenvalue weighted by Gasteiger charge is -2.21. The molecule has 126 valence electrons. The lowest BCUT2D eigenvalue weighted by molar-refractivity contribution is -0.135. The maximum atomic E-state index is 12.6. The van der Waals surface area contributed by atoms with E-state index >= 15 is 0 Å². The van der Waals surface area contributed by atoms with Crippen LogP contribution in [0.2, 0.25) is 0 Å². The molecule has 2 amide bonds. The number of rotatable bonds is 4. The van der Waals surface area contributed by atoms with E-state index in [0.717, 1.165) is 12.8 Å². The monoisotopic (exact) mass is 346 g/mol. The van der Waals surface area contributed by atoms with Crippen molar-refractivity contribution in [1.29, 1.82) is 0 Å². The predicted octanol–water partition coefficient (Wildman–Crippen LogP) is 0.954. The third kappa shape index (κ3) is 2.71. The molecule has 2 aliphatic rings. The van der Waals surface area contributed by atoms with Crippen molar-refractivity contribution in [3.63, 3.8) is 0 Å². The Kier molecular flexibility index (Phi) is 3.64. The fraction of sp³-hybridized carbons (Fsp3) is 0.500. The molecule has 2 aromatic heterocycles. The van der Waals surface area contributed by atoms with Crippen LogP contribution < -0.4 is 5.56 Å². The first-order chi connectivity index (χ1) is 11.5. The number of H-pyrrole nitrogens is 1. The predicted molar refractivity (Wildman–Crippen MR) is 89.6 cm³/mol. The van der Waals surface area contributed by atoms with Gasteiger partial charge < -0.3 is 14.8 Å². The summed E-state index contributed by atoms with van der Waals surface area (Å²) in [6, 6.07) is 2.14. The standard InChI is InChI=1S/C16H18N4O3S/c1-19(8-12-17-11-4-5-24-14(11)15(22)18-12)16(23)9-6-13(21)20(7-9)10-2-3-10/h4-5,9-10H,2-3,6-8H2,1H3,(H,17,18,22)/t9-/m1/s1. The van der Waals surface area contributed by atoms with Crippen LogP contribution in [0.4, 0.5) is 0 Å². The SMILES string of the molecule is CN(Cc1nc2ccsc2c(=O)[nH]1)C(=O)[C@@H]1CC(=O)N(C2CC2)C1. The first-order valence-corrected chi connectivity index (χ1v) is 8.91. The summed E-state index contributed by atoms with van der Waals surface area (Å²) in [5.74, 6) is 0.180. The number of fused-ring (bicyclic) bond motifs is 1. The Bertz CT molecular complexity index is 870. The van der Waals surface area contributed by atoms with E-state index in [1.54, 1.807) is 18.0 Å². The Hall–Kier alpha value is -2.22. The molecule has 0 aromatic carbocycles. The average molecular weight is 346 g/mol. The second-order valence-corrected chi connectivity index (χ2v) is 7.44. The summed E-state index contributed by atoms with van der Waals surface area (Å²) in [7, 11) is 1.68. The van der Waals surface area contributed by atoms with Gasteiger partial charge in [0.05, 0.1) is 18.0 Å². The van der Waals surface area contributed by atoms with Crippen LogP contribution in [0.3, 0.4) is 0 Å². The van der Waals surface area contributed by atoms with Crippen molar-refractivity contribution in [2.75, 3.05) is 13.6 Å². The fourth-order valence-electron chi connectivity index (χ4n) is 3.25. The van der Waals surface area contributed by atoms with Gasteiger partial charge >= 0.3 is 0 Å². The Morgan fingerprint density at radius 3 is 3.00 bits per heavy atom. The topological polar surface area (TPSA) is 86.4 Å². The normalized spacial score (nSPS) is 20.8. The van der Waals surface area contributed by atoms with Crippen LogP contribution in [0.25, 0.3) is 10.2 Å². The summed E-state index contributed by atoms with van der Waals surface area (Å²) in [5, 5.41) is 1.82. The van der Waals surface area contributed by atoms with E-state index in [4.69, 9.17) is 0 Å². The van der Waals surface area contributed by atoms with Crippen molar-refractivity contribution in [1.82, 2.24) is 19.8 Å². The van der Waals surface area contributed by atoms with Gasteiger partial charge in [0, 0.05) is 26.1 Å². The minimum Gasteiger partial charge on any atom is -0.339 e. The molecule has 4 rings (SSSR count). The molecule has 24 heavy (non-hydrogen) atoms. The summed E-state index contributed by atoms with van der Waals surface area (Å²) in [6.07, 6.45) is 2.38. The third-order valence-corrected chi connectivity index (χ3v) is 5.52. The molecule has 1 saturated carbocycles. The van der Waals surface area contributed by atoms with E-state index in [9.17, 15) is 14.4 Å². The van der Waals surface area contributed by atoms with Gasteiger partial charge in [0.15, 0.2) is 0 Å². The number of hydrogen-bond donors (Lipinski definition) is 1. The number of carbonyl (C=O) groups excluding carboxylic acids is 2. The van der Waals surface area contributed by atoms with Crippen LogP contribution in [-0.4, -0.2) is 51.2 Å². The zero-order valence-electron chi connectivity index (χ0n) is 13.3. The fourth-order valence-corrected chi connectivity index (χ4v) is 3.97. The lowest BCUT2D eigenvalue weighted by Crippen LogP contribution is -2.35. The zero-order chi connectivity index (χ0) is 16.8. The number of thiophene rings is 1. The molecule has 8 heteroatoms. The largest absolute Gasteiger partial charge is 0.339 e. The number of carbonyl (C=O) groups is 2. The van der Waals surface area contributed by atoms with E-state index in [1.165, 1.54) is 11.3 Å². The molecule has 1 N–H and O–H groups in total. The van der Waals surface area contributed by atoms with Crippen LogP contribution in [-0.2, 0) is 16.1 Å². The maximum absolute atomic E-state index is 12.6. The lowest BCUT2D eigenvalue weighted by atomic mass is 10.1. The minimum absolute atomic E-state index is 0.0698. The highest BCUT2D eigenvalue weighted by Crippen LogP contribution is 2.33. The summed E-state index contributed by atoms with van der Waals surface area (Å²) in [4.78, 5) is 47.1. The molecule has 1 aliphatic carbocycles. The van der Waals surface area contributed by atoms with Crippen molar-refractivity contribution in [3.8, 4) is 0 Å². The molecule has 3 heterocycles. The van der Waals surface area contributed by atoms with Gasteiger partial charge in [-0.05, 0) is 24.3 Å². The van der Waals surface area contributed by atoms with Gasteiger partial charge in [-0.15, -0.1) is 11.3 Å². The Labute approximate surface area is 142 Å². The Morgan fingerprint density at radius 1 is 1.46 bits per heavy atom. The highest BCUT2D eigenvalue weighted by molar-refractivity contribution is 7.17. The van der Waals surface area contributed by atoms with Crippen LogP contribution in [0.1, 0.15) is 25.1 Å². The van der Waals surface area contributed by atoms with E-state index < -0.39 is 0 Å². The number of amides is 2. The number of likely N-dealkylation sites (tertiary alicyclic amines) is 1. The molecule has 2 fully saturated rings. The second kappa shape index (κ2) is 5.70. The molecular formula is C16H18N4O3S. The van der Waals surface area contributed by atoms with Crippen molar-refractivity contribution in [3.05, 3.63) is 27.6 Å². The Morgan fingerprint density at radius 2 is 2.25 bits per heavy atom.